The average molecular weight is 404 g/mol. The predicted molar refractivity (Wildman–Crippen MR) is 97.0 cm³/mol. The minimum absolute atomic E-state index is 0.0606. The minimum Gasteiger partial charge on any atom is -0.349 e. The van der Waals surface area contributed by atoms with Crippen LogP contribution in [0, 0.1) is 6.92 Å². The lowest BCUT2D eigenvalue weighted by atomic mass is 10.1. The van der Waals surface area contributed by atoms with Gasteiger partial charge in [-0.05, 0) is 51.0 Å². The SMILES string of the molecule is Cc1ccc(C(=O)NC(C)CCc2ccc(C(=O)NCC(F)(F)F)s2)s1. The van der Waals surface area contributed by atoms with Gasteiger partial charge in [-0.15, -0.1) is 22.7 Å². The first-order valence-electron chi connectivity index (χ1n) is 7.95. The van der Waals surface area contributed by atoms with Crippen LogP contribution in [0.1, 0.15) is 42.4 Å². The fourth-order valence-electron chi connectivity index (χ4n) is 2.18. The van der Waals surface area contributed by atoms with E-state index in [1.54, 1.807) is 12.1 Å². The molecule has 142 valence electrons. The molecule has 0 bridgehead atoms. The van der Waals surface area contributed by atoms with Crippen molar-refractivity contribution in [3.63, 3.8) is 0 Å². The van der Waals surface area contributed by atoms with Gasteiger partial charge in [-0.25, -0.2) is 0 Å². The molecule has 0 radical (unpaired) electrons. The fraction of sp³-hybridized carbons (Fsp3) is 0.412. The molecule has 1 unspecified atom stereocenters. The first-order chi connectivity index (χ1) is 12.1. The molecule has 2 aromatic rings. The zero-order chi connectivity index (χ0) is 19.3. The standard InChI is InChI=1S/C17H19F3N2O2S2/c1-10(22-16(24)14-7-4-11(2)25-14)3-5-12-6-8-13(26-12)15(23)21-9-17(18,19)20/h4,6-8,10H,3,5,9H2,1-2H3,(H,21,23)(H,22,24). The molecule has 26 heavy (non-hydrogen) atoms. The first kappa shape index (κ1) is 20.4. The normalized spacial score (nSPS) is 12.7. The van der Waals surface area contributed by atoms with Crippen LogP contribution in [0.4, 0.5) is 13.2 Å². The molecule has 0 aliphatic heterocycles. The van der Waals surface area contributed by atoms with Crippen molar-refractivity contribution < 1.29 is 22.8 Å². The number of carbonyl (C=O) groups excluding carboxylic acids is 2. The maximum absolute atomic E-state index is 12.1. The molecule has 0 saturated carbocycles. The van der Waals surface area contributed by atoms with Crippen molar-refractivity contribution in [2.45, 2.75) is 38.9 Å². The highest BCUT2D eigenvalue weighted by atomic mass is 32.1. The van der Waals surface area contributed by atoms with E-state index >= 15 is 0 Å². The van der Waals surface area contributed by atoms with Crippen LogP contribution in [0.3, 0.4) is 0 Å². The summed E-state index contributed by atoms with van der Waals surface area (Å²) in [6.07, 6.45) is -3.13. The predicted octanol–water partition coefficient (Wildman–Crippen LogP) is 4.16. The highest BCUT2D eigenvalue weighted by molar-refractivity contribution is 7.14. The van der Waals surface area contributed by atoms with Gasteiger partial charge in [0.05, 0.1) is 9.75 Å². The Morgan fingerprint density at radius 3 is 2.35 bits per heavy atom. The number of hydrogen-bond acceptors (Lipinski definition) is 4. The summed E-state index contributed by atoms with van der Waals surface area (Å²) >= 11 is 2.59. The second kappa shape index (κ2) is 8.68. The molecule has 0 saturated heterocycles. The molecule has 4 nitrogen and oxygen atoms in total. The summed E-state index contributed by atoms with van der Waals surface area (Å²) in [4.78, 5) is 26.6. The molecule has 2 amide bonds. The number of amides is 2. The molecule has 0 aliphatic rings. The zero-order valence-electron chi connectivity index (χ0n) is 14.3. The van der Waals surface area contributed by atoms with Gasteiger partial charge in [-0.1, -0.05) is 0 Å². The summed E-state index contributed by atoms with van der Waals surface area (Å²) < 4.78 is 36.4. The van der Waals surface area contributed by atoms with Crippen molar-refractivity contribution in [2.24, 2.45) is 0 Å². The van der Waals surface area contributed by atoms with Gasteiger partial charge in [0.2, 0.25) is 0 Å². The lowest BCUT2D eigenvalue weighted by Crippen LogP contribution is -2.33. The molecule has 1 atom stereocenters. The number of hydrogen-bond donors (Lipinski definition) is 2. The van der Waals surface area contributed by atoms with Gasteiger partial charge in [0, 0.05) is 15.8 Å². The summed E-state index contributed by atoms with van der Waals surface area (Å²) in [6.45, 7) is 2.48. The molecular formula is C17H19F3N2O2S2. The molecule has 2 N–H and O–H groups in total. The number of carbonyl (C=O) groups is 2. The summed E-state index contributed by atoms with van der Waals surface area (Å²) in [5.74, 6) is -0.845. The molecule has 0 aliphatic carbocycles. The van der Waals surface area contributed by atoms with Gasteiger partial charge in [0.25, 0.3) is 11.8 Å². The Morgan fingerprint density at radius 1 is 1.08 bits per heavy atom. The Kier molecular flexibility index (Phi) is 6.82. The van der Waals surface area contributed by atoms with Crippen molar-refractivity contribution in [1.82, 2.24) is 10.6 Å². The second-order valence-corrected chi connectivity index (χ2v) is 8.34. The smallest absolute Gasteiger partial charge is 0.349 e. The fourth-order valence-corrected chi connectivity index (χ4v) is 3.89. The van der Waals surface area contributed by atoms with Crippen LogP contribution >= 0.6 is 22.7 Å². The molecule has 0 spiro atoms. The molecule has 2 aromatic heterocycles. The average Bonchev–Trinajstić information content (AvgIpc) is 3.19. The molecule has 0 fully saturated rings. The third-order valence-corrected chi connectivity index (χ3v) is 5.64. The lowest BCUT2D eigenvalue weighted by molar-refractivity contribution is -0.123. The van der Waals surface area contributed by atoms with E-state index in [9.17, 15) is 22.8 Å². The third kappa shape index (κ3) is 6.45. The van der Waals surface area contributed by atoms with Gasteiger partial charge in [0.1, 0.15) is 6.54 Å². The van der Waals surface area contributed by atoms with Gasteiger partial charge >= 0.3 is 6.18 Å². The van der Waals surface area contributed by atoms with E-state index in [0.717, 1.165) is 21.1 Å². The Balaban J connectivity index is 1.79. The molecular weight excluding hydrogens is 385 g/mol. The summed E-state index contributed by atoms with van der Waals surface area (Å²) in [5, 5.41) is 4.77. The maximum atomic E-state index is 12.1. The summed E-state index contributed by atoms with van der Waals surface area (Å²) in [5.41, 5.74) is 0. The largest absolute Gasteiger partial charge is 0.405 e. The Hall–Kier alpha value is -1.87. The molecule has 0 aromatic carbocycles. The van der Waals surface area contributed by atoms with Crippen LogP contribution in [-0.2, 0) is 6.42 Å². The highest BCUT2D eigenvalue weighted by Crippen LogP contribution is 2.20. The van der Waals surface area contributed by atoms with E-state index < -0.39 is 18.6 Å². The molecule has 9 heteroatoms. The molecule has 2 heterocycles. The van der Waals surface area contributed by atoms with Crippen molar-refractivity contribution in [1.29, 1.82) is 0 Å². The van der Waals surface area contributed by atoms with Gasteiger partial charge in [-0.2, -0.15) is 13.2 Å². The lowest BCUT2D eigenvalue weighted by Gasteiger charge is -2.12. The first-order valence-corrected chi connectivity index (χ1v) is 9.58. The monoisotopic (exact) mass is 404 g/mol. The van der Waals surface area contributed by atoms with Crippen molar-refractivity contribution in [2.75, 3.05) is 6.54 Å². The van der Waals surface area contributed by atoms with E-state index in [1.807, 2.05) is 25.2 Å². The number of alkyl halides is 3. The highest BCUT2D eigenvalue weighted by Gasteiger charge is 2.28. The van der Waals surface area contributed by atoms with Crippen molar-refractivity contribution >= 4 is 34.5 Å². The quantitative estimate of drug-likeness (QED) is 0.728. The van der Waals surface area contributed by atoms with Gasteiger partial charge < -0.3 is 10.6 Å². The summed E-state index contributed by atoms with van der Waals surface area (Å²) in [7, 11) is 0. The number of halogens is 3. The van der Waals surface area contributed by atoms with Crippen molar-refractivity contribution in [3.05, 3.63) is 43.8 Å². The van der Waals surface area contributed by atoms with E-state index in [-0.39, 0.29) is 16.8 Å². The Morgan fingerprint density at radius 2 is 1.73 bits per heavy atom. The minimum atomic E-state index is -4.43. The third-order valence-electron chi connectivity index (χ3n) is 3.50. The number of rotatable bonds is 7. The van der Waals surface area contributed by atoms with Gasteiger partial charge in [0.15, 0.2) is 0 Å². The van der Waals surface area contributed by atoms with Crippen LogP contribution < -0.4 is 10.6 Å². The van der Waals surface area contributed by atoms with E-state index in [4.69, 9.17) is 0 Å². The van der Waals surface area contributed by atoms with Crippen LogP contribution in [0.2, 0.25) is 0 Å². The van der Waals surface area contributed by atoms with Crippen LogP contribution in [0.25, 0.3) is 0 Å². The van der Waals surface area contributed by atoms with E-state index in [1.165, 1.54) is 17.4 Å². The molecule has 2 rings (SSSR count). The van der Waals surface area contributed by atoms with E-state index in [2.05, 4.69) is 5.32 Å². The maximum Gasteiger partial charge on any atom is 0.405 e. The number of nitrogens with one attached hydrogen (secondary N) is 2. The number of aryl methyl sites for hydroxylation is 2. The summed E-state index contributed by atoms with van der Waals surface area (Å²) in [6, 6.07) is 6.86. The van der Waals surface area contributed by atoms with Crippen molar-refractivity contribution in [3.8, 4) is 0 Å². The van der Waals surface area contributed by atoms with Crippen LogP contribution in [-0.4, -0.2) is 30.6 Å². The second-order valence-electron chi connectivity index (χ2n) is 5.89. The Bertz CT molecular complexity index is 768. The zero-order valence-corrected chi connectivity index (χ0v) is 15.9. The van der Waals surface area contributed by atoms with Crippen LogP contribution in [0.15, 0.2) is 24.3 Å². The topological polar surface area (TPSA) is 58.2 Å². The number of thiophene rings is 2. The van der Waals surface area contributed by atoms with Crippen LogP contribution in [0.5, 0.6) is 0 Å². The van der Waals surface area contributed by atoms with Gasteiger partial charge in [-0.3, -0.25) is 9.59 Å². The van der Waals surface area contributed by atoms with E-state index in [0.29, 0.717) is 17.7 Å². The Labute approximate surface area is 157 Å².